The van der Waals surface area contributed by atoms with Gasteiger partial charge in [-0.2, -0.15) is 5.10 Å². The number of phenolic OH excluding ortho intramolecular Hbond substituents is 1. The number of nitrogens with zero attached hydrogens (tertiary/aromatic N) is 5. The minimum absolute atomic E-state index is 0.118. The molecule has 4 rings (SSSR count). The van der Waals surface area contributed by atoms with Crippen molar-refractivity contribution in [1.29, 1.82) is 0 Å². The molecule has 140 valence electrons. The molecule has 7 nitrogen and oxygen atoms in total. The van der Waals surface area contributed by atoms with E-state index in [-0.39, 0.29) is 5.69 Å². The van der Waals surface area contributed by atoms with Crippen LogP contribution >= 0.6 is 0 Å². The topological polar surface area (TPSA) is 66.5 Å². The quantitative estimate of drug-likeness (QED) is 0.767. The van der Waals surface area contributed by atoms with E-state index in [9.17, 15) is 9.90 Å². The first-order chi connectivity index (χ1) is 13.2. The Hall–Kier alpha value is -3.22. The van der Waals surface area contributed by atoms with Gasteiger partial charge in [-0.3, -0.25) is 0 Å². The van der Waals surface area contributed by atoms with E-state index in [4.69, 9.17) is 0 Å². The van der Waals surface area contributed by atoms with Crippen LogP contribution in [0.1, 0.15) is 6.92 Å². The summed E-state index contributed by atoms with van der Waals surface area (Å²) < 4.78 is 3.01. The van der Waals surface area contributed by atoms with Crippen LogP contribution in [0.25, 0.3) is 5.69 Å². The van der Waals surface area contributed by atoms with Crippen molar-refractivity contribution in [2.45, 2.75) is 13.5 Å². The van der Waals surface area contributed by atoms with Gasteiger partial charge in [-0.05, 0) is 55.5 Å². The zero-order chi connectivity index (χ0) is 18.8. The summed E-state index contributed by atoms with van der Waals surface area (Å²) in [7, 11) is 0. The molecule has 0 radical (unpaired) electrons. The number of hydrogen-bond donors (Lipinski definition) is 1. The SMILES string of the molecule is CCn1ncn(-c2ccc(N3CCN(c4ccc(O)cc4)CC3)cc2)c1=O. The summed E-state index contributed by atoms with van der Waals surface area (Å²) in [6.45, 7) is 6.17. The second-order valence-electron chi connectivity index (χ2n) is 6.61. The molecule has 0 unspecified atom stereocenters. The minimum Gasteiger partial charge on any atom is -0.508 e. The third-order valence-electron chi connectivity index (χ3n) is 5.02. The van der Waals surface area contributed by atoms with Crippen LogP contribution in [0.2, 0.25) is 0 Å². The Morgan fingerprint density at radius 2 is 1.33 bits per heavy atom. The van der Waals surface area contributed by atoms with Gasteiger partial charge in [0, 0.05) is 44.1 Å². The molecule has 3 aromatic rings. The van der Waals surface area contributed by atoms with E-state index in [0.717, 1.165) is 43.2 Å². The van der Waals surface area contributed by atoms with Crippen molar-refractivity contribution in [3.8, 4) is 11.4 Å². The molecular weight excluding hydrogens is 342 g/mol. The van der Waals surface area contributed by atoms with E-state index in [2.05, 4.69) is 27.0 Å². The predicted octanol–water partition coefficient (Wildman–Crippen LogP) is 2.09. The van der Waals surface area contributed by atoms with Gasteiger partial charge in [0.1, 0.15) is 12.1 Å². The molecule has 0 aliphatic carbocycles. The number of phenols is 1. The predicted molar refractivity (Wildman–Crippen MR) is 106 cm³/mol. The van der Waals surface area contributed by atoms with E-state index in [1.54, 1.807) is 23.0 Å². The second kappa shape index (κ2) is 7.19. The van der Waals surface area contributed by atoms with Gasteiger partial charge >= 0.3 is 5.69 Å². The highest BCUT2D eigenvalue weighted by Crippen LogP contribution is 2.23. The molecule has 1 N–H and O–H groups in total. The van der Waals surface area contributed by atoms with Gasteiger partial charge in [0.05, 0.1) is 5.69 Å². The van der Waals surface area contributed by atoms with Crippen molar-refractivity contribution in [2.24, 2.45) is 0 Å². The zero-order valence-electron chi connectivity index (χ0n) is 15.3. The lowest BCUT2D eigenvalue weighted by molar-refractivity contribution is 0.475. The molecular formula is C20H23N5O2. The molecule has 2 aromatic carbocycles. The van der Waals surface area contributed by atoms with E-state index >= 15 is 0 Å². The van der Waals surface area contributed by atoms with Crippen molar-refractivity contribution in [3.05, 3.63) is 65.3 Å². The van der Waals surface area contributed by atoms with Crippen molar-refractivity contribution >= 4 is 11.4 Å². The van der Waals surface area contributed by atoms with Crippen LogP contribution in [0, 0.1) is 0 Å². The lowest BCUT2D eigenvalue weighted by Crippen LogP contribution is -2.46. The second-order valence-corrected chi connectivity index (χ2v) is 6.61. The molecule has 1 aromatic heterocycles. The summed E-state index contributed by atoms with van der Waals surface area (Å²) in [6.07, 6.45) is 1.57. The van der Waals surface area contributed by atoms with Gasteiger partial charge in [0.15, 0.2) is 0 Å². The monoisotopic (exact) mass is 365 g/mol. The molecule has 1 saturated heterocycles. The first-order valence-electron chi connectivity index (χ1n) is 9.19. The Bertz CT molecular complexity index is 951. The lowest BCUT2D eigenvalue weighted by atomic mass is 10.2. The Morgan fingerprint density at radius 3 is 1.81 bits per heavy atom. The summed E-state index contributed by atoms with van der Waals surface area (Å²) in [5.41, 5.74) is 2.99. The number of aromatic hydroxyl groups is 1. The summed E-state index contributed by atoms with van der Waals surface area (Å²) in [5, 5.41) is 13.5. The molecule has 27 heavy (non-hydrogen) atoms. The molecule has 2 heterocycles. The first-order valence-corrected chi connectivity index (χ1v) is 9.19. The largest absolute Gasteiger partial charge is 0.508 e. The Kier molecular flexibility index (Phi) is 4.58. The molecule has 0 atom stereocenters. The van der Waals surface area contributed by atoms with Gasteiger partial charge < -0.3 is 14.9 Å². The van der Waals surface area contributed by atoms with Crippen LogP contribution in [-0.4, -0.2) is 45.6 Å². The Morgan fingerprint density at radius 1 is 0.852 bits per heavy atom. The average Bonchev–Trinajstić information content (AvgIpc) is 3.09. The Labute approximate surface area is 157 Å². The molecule has 1 aliphatic rings. The molecule has 1 aliphatic heterocycles. The van der Waals surface area contributed by atoms with Crippen LogP contribution in [0.15, 0.2) is 59.7 Å². The first kappa shape index (κ1) is 17.2. The van der Waals surface area contributed by atoms with Crippen LogP contribution in [-0.2, 0) is 6.54 Å². The molecule has 0 saturated carbocycles. The Balaban J connectivity index is 1.43. The van der Waals surface area contributed by atoms with Crippen molar-refractivity contribution in [2.75, 3.05) is 36.0 Å². The molecule has 0 spiro atoms. The highest BCUT2D eigenvalue weighted by molar-refractivity contribution is 5.54. The van der Waals surface area contributed by atoms with Gasteiger partial charge in [0.2, 0.25) is 0 Å². The van der Waals surface area contributed by atoms with E-state index < -0.39 is 0 Å². The summed E-state index contributed by atoms with van der Waals surface area (Å²) in [4.78, 5) is 16.9. The summed E-state index contributed by atoms with van der Waals surface area (Å²) >= 11 is 0. The van der Waals surface area contributed by atoms with Crippen LogP contribution in [0.4, 0.5) is 11.4 Å². The summed E-state index contributed by atoms with van der Waals surface area (Å²) in [5.74, 6) is 0.293. The standard InChI is InChI=1S/C20H23N5O2/c1-2-25-20(27)24(15-21-25)18-5-3-16(4-6-18)22-11-13-23(14-12-22)17-7-9-19(26)10-8-17/h3-10,15,26H,2,11-14H2,1H3. The third-order valence-corrected chi connectivity index (χ3v) is 5.02. The van der Waals surface area contributed by atoms with Gasteiger partial charge in [-0.1, -0.05) is 0 Å². The number of anilines is 2. The number of benzene rings is 2. The fraction of sp³-hybridized carbons (Fsp3) is 0.300. The number of rotatable bonds is 4. The smallest absolute Gasteiger partial charge is 0.350 e. The van der Waals surface area contributed by atoms with Crippen LogP contribution in [0.5, 0.6) is 5.75 Å². The molecule has 1 fully saturated rings. The number of aryl methyl sites for hydroxylation is 1. The van der Waals surface area contributed by atoms with Crippen molar-refractivity contribution < 1.29 is 5.11 Å². The normalized spacial score (nSPS) is 14.6. The number of aromatic nitrogens is 3. The zero-order valence-corrected chi connectivity index (χ0v) is 15.3. The highest BCUT2D eigenvalue weighted by atomic mass is 16.3. The maximum Gasteiger partial charge on any atom is 0.350 e. The van der Waals surface area contributed by atoms with E-state index in [1.165, 1.54) is 4.68 Å². The summed E-state index contributed by atoms with van der Waals surface area (Å²) in [6, 6.07) is 15.4. The minimum atomic E-state index is -0.118. The molecule has 7 heteroatoms. The van der Waals surface area contributed by atoms with Crippen LogP contribution < -0.4 is 15.5 Å². The number of piperazine rings is 1. The lowest BCUT2D eigenvalue weighted by Gasteiger charge is -2.37. The fourth-order valence-corrected chi connectivity index (χ4v) is 3.44. The fourth-order valence-electron chi connectivity index (χ4n) is 3.44. The van der Waals surface area contributed by atoms with Crippen molar-refractivity contribution in [3.63, 3.8) is 0 Å². The maximum absolute atomic E-state index is 12.2. The van der Waals surface area contributed by atoms with Gasteiger partial charge in [-0.15, -0.1) is 0 Å². The molecule has 0 amide bonds. The third kappa shape index (κ3) is 3.40. The number of hydrogen-bond acceptors (Lipinski definition) is 5. The van der Waals surface area contributed by atoms with Gasteiger partial charge in [-0.25, -0.2) is 14.0 Å². The van der Waals surface area contributed by atoms with Gasteiger partial charge in [0.25, 0.3) is 0 Å². The average molecular weight is 365 g/mol. The van der Waals surface area contributed by atoms with E-state index in [1.807, 2.05) is 31.2 Å². The highest BCUT2D eigenvalue weighted by Gasteiger charge is 2.17. The van der Waals surface area contributed by atoms with E-state index in [0.29, 0.717) is 12.3 Å². The maximum atomic E-state index is 12.2. The van der Waals surface area contributed by atoms with Crippen molar-refractivity contribution in [1.82, 2.24) is 14.3 Å². The molecule has 0 bridgehead atoms. The van der Waals surface area contributed by atoms with Crippen LogP contribution in [0.3, 0.4) is 0 Å².